The molecule has 1 N–H and O–H groups in total. The number of ether oxygens (including phenoxy) is 1. The van der Waals surface area contributed by atoms with E-state index in [1.54, 1.807) is 0 Å². The van der Waals surface area contributed by atoms with E-state index in [-0.39, 0.29) is 0 Å². The summed E-state index contributed by atoms with van der Waals surface area (Å²) in [6.07, 6.45) is 9.58. The first-order valence-electron chi connectivity index (χ1n) is 8.31. The predicted octanol–water partition coefficient (Wildman–Crippen LogP) is 2.66. The van der Waals surface area contributed by atoms with Crippen molar-refractivity contribution in [2.45, 2.75) is 64.0 Å². The molecule has 0 bridgehead atoms. The highest BCUT2D eigenvalue weighted by molar-refractivity contribution is 4.90. The summed E-state index contributed by atoms with van der Waals surface area (Å²) in [6.45, 7) is 6.92. The molecule has 0 aromatic carbocycles. The van der Waals surface area contributed by atoms with E-state index < -0.39 is 0 Å². The van der Waals surface area contributed by atoms with Crippen LogP contribution in [0.1, 0.15) is 51.9 Å². The second kappa shape index (κ2) is 8.23. The first-order chi connectivity index (χ1) is 9.35. The molecule has 3 heteroatoms. The Balaban J connectivity index is 1.90. The molecule has 3 atom stereocenters. The van der Waals surface area contributed by atoms with Crippen LogP contribution in [0.25, 0.3) is 0 Å². The van der Waals surface area contributed by atoms with E-state index in [4.69, 9.17) is 4.74 Å². The standard InChI is InChI=1S/C16H32N2O/c1-3-10-17-15-7-5-4-6-8-16(15)18-11-9-14(12-18)13-19-2/h14-17H,3-13H2,1-2H3. The van der Waals surface area contributed by atoms with Gasteiger partial charge in [-0.3, -0.25) is 4.90 Å². The van der Waals surface area contributed by atoms with Gasteiger partial charge >= 0.3 is 0 Å². The second-order valence-corrected chi connectivity index (χ2v) is 6.37. The SMILES string of the molecule is CCCNC1CCCCCC1N1CCC(COC)C1. The first-order valence-corrected chi connectivity index (χ1v) is 8.31. The van der Waals surface area contributed by atoms with E-state index in [9.17, 15) is 0 Å². The summed E-state index contributed by atoms with van der Waals surface area (Å²) in [5, 5.41) is 3.81. The monoisotopic (exact) mass is 268 g/mol. The Labute approximate surface area is 119 Å². The van der Waals surface area contributed by atoms with Crippen LogP contribution in [0, 0.1) is 5.92 Å². The van der Waals surface area contributed by atoms with Gasteiger partial charge in [0.25, 0.3) is 0 Å². The van der Waals surface area contributed by atoms with Crippen LogP contribution >= 0.6 is 0 Å². The van der Waals surface area contributed by atoms with Gasteiger partial charge < -0.3 is 10.1 Å². The van der Waals surface area contributed by atoms with Gasteiger partial charge in [-0.15, -0.1) is 0 Å². The van der Waals surface area contributed by atoms with E-state index in [0.717, 1.165) is 24.6 Å². The molecule has 3 nitrogen and oxygen atoms in total. The molecule has 1 heterocycles. The predicted molar refractivity (Wildman–Crippen MR) is 80.5 cm³/mol. The van der Waals surface area contributed by atoms with E-state index in [0.29, 0.717) is 0 Å². The summed E-state index contributed by atoms with van der Waals surface area (Å²) in [5.41, 5.74) is 0. The van der Waals surface area contributed by atoms with Gasteiger partial charge in [0.05, 0.1) is 6.61 Å². The highest BCUT2D eigenvalue weighted by Gasteiger charge is 2.33. The van der Waals surface area contributed by atoms with Gasteiger partial charge in [-0.05, 0) is 44.7 Å². The van der Waals surface area contributed by atoms with Crippen LogP contribution in [-0.2, 0) is 4.74 Å². The third-order valence-electron chi connectivity index (χ3n) is 4.82. The maximum Gasteiger partial charge on any atom is 0.0503 e. The molecule has 3 unspecified atom stereocenters. The number of hydrogen-bond acceptors (Lipinski definition) is 3. The van der Waals surface area contributed by atoms with Crippen molar-refractivity contribution < 1.29 is 4.74 Å². The Hall–Kier alpha value is -0.120. The smallest absolute Gasteiger partial charge is 0.0503 e. The van der Waals surface area contributed by atoms with Crippen molar-refractivity contribution in [3.05, 3.63) is 0 Å². The lowest BCUT2D eigenvalue weighted by atomic mass is 10.0. The van der Waals surface area contributed by atoms with Crippen molar-refractivity contribution in [1.82, 2.24) is 10.2 Å². The van der Waals surface area contributed by atoms with Crippen molar-refractivity contribution in [3.63, 3.8) is 0 Å². The normalized spacial score (nSPS) is 33.5. The van der Waals surface area contributed by atoms with Crippen molar-refractivity contribution in [3.8, 4) is 0 Å². The van der Waals surface area contributed by atoms with E-state index in [1.807, 2.05) is 7.11 Å². The zero-order valence-electron chi connectivity index (χ0n) is 12.9. The lowest BCUT2D eigenvalue weighted by Crippen LogP contribution is -2.49. The summed E-state index contributed by atoms with van der Waals surface area (Å²) in [5.74, 6) is 0.764. The number of nitrogens with zero attached hydrogens (tertiary/aromatic N) is 1. The average molecular weight is 268 g/mol. The number of nitrogens with one attached hydrogen (secondary N) is 1. The molecule has 0 radical (unpaired) electrons. The zero-order chi connectivity index (χ0) is 13.5. The fourth-order valence-corrected chi connectivity index (χ4v) is 3.83. The molecule has 1 aliphatic heterocycles. The molecule has 1 saturated heterocycles. The fraction of sp³-hybridized carbons (Fsp3) is 1.00. The number of hydrogen-bond donors (Lipinski definition) is 1. The highest BCUT2D eigenvalue weighted by atomic mass is 16.5. The molecule has 2 fully saturated rings. The molecule has 0 aromatic rings. The maximum absolute atomic E-state index is 5.34. The molecule has 19 heavy (non-hydrogen) atoms. The fourth-order valence-electron chi connectivity index (χ4n) is 3.83. The van der Waals surface area contributed by atoms with E-state index in [2.05, 4.69) is 17.1 Å². The van der Waals surface area contributed by atoms with Crippen LogP contribution in [0.2, 0.25) is 0 Å². The molecule has 1 aliphatic carbocycles. The van der Waals surface area contributed by atoms with Crippen LogP contribution in [-0.4, -0.2) is 50.3 Å². The van der Waals surface area contributed by atoms with Gasteiger partial charge in [0.2, 0.25) is 0 Å². The minimum absolute atomic E-state index is 0.726. The third kappa shape index (κ3) is 4.44. The van der Waals surface area contributed by atoms with Crippen molar-refractivity contribution in [1.29, 1.82) is 0 Å². The van der Waals surface area contributed by atoms with Crippen LogP contribution in [0.3, 0.4) is 0 Å². The topological polar surface area (TPSA) is 24.5 Å². The summed E-state index contributed by atoms with van der Waals surface area (Å²) in [4.78, 5) is 2.75. The van der Waals surface area contributed by atoms with E-state index >= 15 is 0 Å². The summed E-state index contributed by atoms with van der Waals surface area (Å²) >= 11 is 0. The summed E-state index contributed by atoms with van der Waals surface area (Å²) < 4.78 is 5.34. The minimum Gasteiger partial charge on any atom is -0.384 e. The Morgan fingerprint density at radius 2 is 2.00 bits per heavy atom. The molecule has 2 rings (SSSR count). The van der Waals surface area contributed by atoms with Gasteiger partial charge in [0, 0.05) is 25.7 Å². The first kappa shape index (κ1) is 15.3. The number of likely N-dealkylation sites (tertiary alicyclic amines) is 1. The maximum atomic E-state index is 5.34. The number of rotatable bonds is 6. The molecule has 0 aromatic heterocycles. The number of methoxy groups -OCH3 is 1. The lowest BCUT2D eigenvalue weighted by molar-refractivity contribution is 0.136. The molecule has 112 valence electrons. The minimum atomic E-state index is 0.726. The Morgan fingerprint density at radius 1 is 1.16 bits per heavy atom. The van der Waals surface area contributed by atoms with Gasteiger partial charge in [-0.1, -0.05) is 26.2 Å². The quantitative estimate of drug-likeness (QED) is 0.750. The summed E-state index contributed by atoms with van der Waals surface area (Å²) in [6, 6.07) is 1.50. The average Bonchev–Trinajstić information content (AvgIpc) is 2.74. The molecular weight excluding hydrogens is 236 g/mol. The third-order valence-corrected chi connectivity index (χ3v) is 4.82. The Bertz CT molecular complexity index is 247. The van der Waals surface area contributed by atoms with Crippen molar-refractivity contribution >= 4 is 0 Å². The van der Waals surface area contributed by atoms with Crippen LogP contribution < -0.4 is 5.32 Å². The van der Waals surface area contributed by atoms with Crippen LogP contribution in [0.5, 0.6) is 0 Å². The van der Waals surface area contributed by atoms with Crippen molar-refractivity contribution in [2.75, 3.05) is 33.4 Å². The molecule has 1 saturated carbocycles. The van der Waals surface area contributed by atoms with Crippen molar-refractivity contribution in [2.24, 2.45) is 5.92 Å². The Kier molecular flexibility index (Phi) is 6.62. The lowest BCUT2D eigenvalue weighted by Gasteiger charge is -2.34. The highest BCUT2D eigenvalue weighted by Crippen LogP contribution is 2.27. The zero-order valence-corrected chi connectivity index (χ0v) is 12.9. The summed E-state index contributed by atoms with van der Waals surface area (Å²) in [7, 11) is 1.83. The van der Waals surface area contributed by atoms with Crippen LogP contribution in [0.15, 0.2) is 0 Å². The molecular formula is C16H32N2O. The molecule has 2 aliphatic rings. The van der Waals surface area contributed by atoms with E-state index in [1.165, 1.54) is 64.6 Å². The second-order valence-electron chi connectivity index (χ2n) is 6.37. The van der Waals surface area contributed by atoms with Gasteiger partial charge in [-0.25, -0.2) is 0 Å². The van der Waals surface area contributed by atoms with Gasteiger partial charge in [0.1, 0.15) is 0 Å². The van der Waals surface area contributed by atoms with Gasteiger partial charge in [0.15, 0.2) is 0 Å². The van der Waals surface area contributed by atoms with Gasteiger partial charge in [-0.2, -0.15) is 0 Å². The Morgan fingerprint density at radius 3 is 2.79 bits per heavy atom. The van der Waals surface area contributed by atoms with Crippen LogP contribution in [0.4, 0.5) is 0 Å². The molecule has 0 amide bonds. The molecule has 0 spiro atoms. The largest absolute Gasteiger partial charge is 0.384 e.